The van der Waals surface area contributed by atoms with Gasteiger partial charge in [0.2, 0.25) is 0 Å². The molecule has 3 saturated carbocycles. The highest BCUT2D eigenvalue weighted by Crippen LogP contribution is 2.56. The van der Waals surface area contributed by atoms with Crippen LogP contribution in [0, 0.1) is 46.3 Å². The van der Waals surface area contributed by atoms with E-state index in [4.69, 9.17) is 0 Å². The highest BCUT2D eigenvalue weighted by molar-refractivity contribution is 5.09. The standard InChI is InChI=1S/C23H39N/c1-3-5-18-7-10-20(11-8-18)21-13-14-23(17-24)16-19(6-4-2)9-12-22(23)15-21/h18-22H,3-16H2,1-2H3/t18?,19-,20?,21?,22-,23-/m1/s1. The van der Waals surface area contributed by atoms with Crippen molar-refractivity contribution in [3.63, 3.8) is 0 Å². The summed E-state index contributed by atoms with van der Waals surface area (Å²) in [7, 11) is 0. The molecule has 24 heavy (non-hydrogen) atoms. The van der Waals surface area contributed by atoms with Crippen LogP contribution in [0.2, 0.25) is 0 Å². The van der Waals surface area contributed by atoms with Crippen molar-refractivity contribution >= 4 is 0 Å². The average Bonchev–Trinajstić information content (AvgIpc) is 2.62. The van der Waals surface area contributed by atoms with E-state index in [1.165, 1.54) is 89.9 Å². The molecule has 3 aliphatic rings. The topological polar surface area (TPSA) is 23.8 Å². The molecule has 0 heterocycles. The van der Waals surface area contributed by atoms with Gasteiger partial charge in [0.15, 0.2) is 0 Å². The number of nitrogens with zero attached hydrogens (tertiary/aromatic N) is 1. The Hall–Kier alpha value is -0.510. The Morgan fingerprint density at radius 2 is 1.50 bits per heavy atom. The Labute approximate surface area is 150 Å². The van der Waals surface area contributed by atoms with Crippen molar-refractivity contribution in [1.82, 2.24) is 0 Å². The van der Waals surface area contributed by atoms with Crippen LogP contribution >= 0.6 is 0 Å². The van der Waals surface area contributed by atoms with E-state index in [-0.39, 0.29) is 5.41 Å². The molecule has 0 radical (unpaired) electrons. The number of hydrogen-bond acceptors (Lipinski definition) is 1. The third kappa shape index (κ3) is 3.84. The van der Waals surface area contributed by atoms with Crippen molar-refractivity contribution in [2.75, 3.05) is 0 Å². The molecular formula is C23H39N. The molecule has 0 N–H and O–H groups in total. The van der Waals surface area contributed by atoms with Gasteiger partial charge in [0, 0.05) is 0 Å². The Morgan fingerprint density at radius 3 is 2.17 bits per heavy atom. The fourth-order valence-corrected chi connectivity index (χ4v) is 6.71. The molecule has 0 saturated heterocycles. The summed E-state index contributed by atoms with van der Waals surface area (Å²) in [5.74, 6) is 4.53. The number of hydrogen-bond donors (Lipinski definition) is 0. The van der Waals surface area contributed by atoms with Gasteiger partial charge in [-0.05, 0) is 74.5 Å². The second-order valence-electron chi connectivity index (χ2n) is 9.50. The van der Waals surface area contributed by atoms with E-state index in [2.05, 4.69) is 19.9 Å². The zero-order valence-electron chi connectivity index (χ0n) is 16.2. The lowest BCUT2D eigenvalue weighted by Gasteiger charge is -2.50. The van der Waals surface area contributed by atoms with Crippen LogP contribution in [0.5, 0.6) is 0 Å². The molecule has 3 aliphatic carbocycles. The summed E-state index contributed by atoms with van der Waals surface area (Å²) in [5, 5.41) is 10.0. The highest BCUT2D eigenvalue weighted by Gasteiger charge is 2.48. The zero-order valence-corrected chi connectivity index (χ0v) is 16.2. The zero-order chi connectivity index (χ0) is 17.0. The second-order valence-corrected chi connectivity index (χ2v) is 9.50. The summed E-state index contributed by atoms with van der Waals surface area (Å²) in [4.78, 5) is 0. The van der Waals surface area contributed by atoms with Gasteiger partial charge >= 0.3 is 0 Å². The monoisotopic (exact) mass is 329 g/mol. The summed E-state index contributed by atoms with van der Waals surface area (Å²) < 4.78 is 0. The first-order valence-electron chi connectivity index (χ1n) is 11.1. The summed E-state index contributed by atoms with van der Waals surface area (Å²) in [6, 6.07) is 2.86. The average molecular weight is 330 g/mol. The van der Waals surface area contributed by atoms with E-state index in [9.17, 15) is 5.26 Å². The van der Waals surface area contributed by atoms with Gasteiger partial charge in [0.05, 0.1) is 11.5 Å². The van der Waals surface area contributed by atoms with Crippen molar-refractivity contribution in [3.05, 3.63) is 0 Å². The van der Waals surface area contributed by atoms with Crippen LogP contribution in [0.4, 0.5) is 0 Å². The molecule has 4 atom stereocenters. The van der Waals surface area contributed by atoms with Crippen LogP contribution in [0.25, 0.3) is 0 Å². The van der Waals surface area contributed by atoms with E-state index in [1.54, 1.807) is 0 Å². The smallest absolute Gasteiger partial charge is 0.0692 e. The van der Waals surface area contributed by atoms with Gasteiger partial charge in [-0.3, -0.25) is 0 Å². The molecule has 0 aromatic carbocycles. The molecule has 0 amide bonds. The Morgan fingerprint density at radius 1 is 0.833 bits per heavy atom. The van der Waals surface area contributed by atoms with E-state index in [0.717, 1.165) is 29.6 Å². The van der Waals surface area contributed by atoms with Crippen LogP contribution in [0.1, 0.15) is 104 Å². The number of rotatable bonds is 5. The quantitative estimate of drug-likeness (QED) is 0.526. The van der Waals surface area contributed by atoms with E-state index < -0.39 is 0 Å². The van der Waals surface area contributed by atoms with E-state index in [1.807, 2.05) is 0 Å². The third-order valence-electron chi connectivity index (χ3n) is 8.08. The van der Waals surface area contributed by atoms with Crippen molar-refractivity contribution in [2.24, 2.45) is 35.0 Å². The van der Waals surface area contributed by atoms with Gasteiger partial charge < -0.3 is 0 Å². The van der Waals surface area contributed by atoms with Crippen LogP contribution in [0.15, 0.2) is 0 Å². The molecule has 3 fully saturated rings. The van der Waals surface area contributed by atoms with Gasteiger partial charge in [-0.15, -0.1) is 0 Å². The number of fused-ring (bicyclic) bond motifs is 1. The maximum atomic E-state index is 10.0. The predicted octanol–water partition coefficient (Wildman–Crippen LogP) is 7.12. The van der Waals surface area contributed by atoms with Gasteiger partial charge in [-0.25, -0.2) is 0 Å². The maximum absolute atomic E-state index is 10.0. The van der Waals surface area contributed by atoms with Crippen molar-refractivity contribution in [2.45, 2.75) is 104 Å². The van der Waals surface area contributed by atoms with Crippen LogP contribution in [0.3, 0.4) is 0 Å². The summed E-state index contributed by atoms with van der Waals surface area (Å²) in [6.45, 7) is 4.64. The lowest BCUT2D eigenvalue weighted by atomic mass is 9.53. The molecule has 0 aromatic heterocycles. The first kappa shape index (κ1) is 18.3. The third-order valence-corrected chi connectivity index (χ3v) is 8.08. The minimum atomic E-state index is 0.0635. The molecule has 1 unspecified atom stereocenters. The molecule has 0 bridgehead atoms. The first-order chi connectivity index (χ1) is 11.7. The van der Waals surface area contributed by atoms with Gasteiger partial charge in [0.1, 0.15) is 0 Å². The molecular weight excluding hydrogens is 290 g/mol. The molecule has 136 valence electrons. The highest BCUT2D eigenvalue weighted by atomic mass is 14.5. The van der Waals surface area contributed by atoms with Crippen LogP contribution in [-0.4, -0.2) is 0 Å². The SMILES string of the molecule is CCCC1CCC(C2CC[C@]3(C#N)C[C@H](CCC)CC[C@@H]3C2)CC1. The fourth-order valence-electron chi connectivity index (χ4n) is 6.71. The molecule has 1 heteroatoms. The van der Waals surface area contributed by atoms with Crippen molar-refractivity contribution in [1.29, 1.82) is 5.26 Å². The van der Waals surface area contributed by atoms with Crippen molar-refractivity contribution < 1.29 is 0 Å². The Kier molecular flexibility index (Phi) is 6.28. The minimum absolute atomic E-state index is 0.0635. The summed E-state index contributed by atoms with van der Waals surface area (Å²) in [5.41, 5.74) is 0.0635. The second kappa shape index (κ2) is 8.25. The molecule has 0 spiro atoms. The first-order valence-corrected chi connectivity index (χ1v) is 11.1. The number of nitriles is 1. The van der Waals surface area contributed by atoms with Gasteiger partial charge in [0.25, 0.3) is 0 Å². The fraction of sp³-hybridized carbons (Fsp3) is 0.957. The molecule has 3 rings (SSSR count). The summed E-state index contributed by atoms with van der Waals surface area (Å²) >= 11 is 0. The Bertz CT molecular complexity index is 428. The van der Waals surface area contributed by atoms with Crippen LogP contribution in [-0.2, 0) is 0 Å². The van der Waals surface area contributed by atoms with E-state index in [0.29, 0.717) is 0 Å². The summed E-state index contributed by atoms with van der Waals surface area (Å²) in [6.07, 6.45) is 19.3. The minimum Gasteiger partial charge on any atom is -0.198 e. The largest absolute Gasteiger partial charge is 0.198 e. The van der Waals surface area contributed by atoms with E-state index >= 15 is 0 Å². The maximum Gasteiger partial charge on any atom is 0.0692 e. The molecule has 1 nitrogen and oxygen atoms in total. The normalized spacial score (nSPS) is 43.0. The van der Waals surface area contributed by atoms with Crippen LogP contribution < -0.4 is 0 Å². The lowest BCUT2D eigenvalue weighted by molar-refractivity contribution is 0.0150. The molecule has 0 aromatic rings. The predicted molar refractivity (Wildman–Crippen MR) is 101 cm³/mol. The Balaban J connectivity index is 1.56. The van der Waals surface area contributed by atoms with Crippen molar-refractivity contribution in [3.8, 4) is 6.07 Å². The van der Waals surface area contributed by atoms with Gasteiger partial charge in [-0.2, -0.15) is 5.26 Å². The van der Waals surface area contributed by atoms with Gasteiger partial charge in [-0.1, -0.05) is 58.8 Å². The molecule has 0 aliphatic heterocycles. The lowest BCUT2D eigenvalue weighted by Crippen LogP contribution is -2.42.